The molecular weight excluding hydrogens is 309 g/mol. The van der Waals surface area contributed by atoms with E-state index in [-0.39, 0.29) is 11.8 Å². The van der Waals surface area contributed by atoms with Gasteiger partial charge in [-0.25, -0.2) is 9.67 Å². The van der Waals surface area contributed by atoms with Crippen LogP contribution in [0, 0.1) is 0 Å². The van der Waals surface area contributed by atoms with E-state index >= 15 is 0 Å². The monoisotopic (exact) mass is 324 g/mol. The summed E-state index contributed by atoms with van der Waals surface area (Å²) in [6.45, 7) is 0. The van der Waals surface area contributed by atoms with E-state index in [0.717, 1.165) is 24.8 Å². The molecule has 0 saturated heterocycles. The minimum atomic E-state index is -4.70. The van der Waals surface area contributed by atoms with Gasteiger partial charge in [-0.15, -0.1) is 18.3 Å². The van der Waals surface area contributed by atoms with Gasteiger partial charge in [-0.1, -0.05) is 6.08 Å². The smallest absolute Gasteiger partial charge is 0.406 e. The maximum absolute atomic E-state index is 12.1. The van der Waals surface area contributed by atoms with Crippen LogP contribution in [-0.2, 0) is 0 Å². The van der Waals surface area contributed by atoms with Crippen molar-refractivity contribution >= 4 is 5.57 Å². The van der Waals surface area contributed by atoms with Gasteiger partial charge in [-0.3, -0.25) is 0 Å². The van der Waals surface area contributed by atoms with Gasteiger partial charge in [0, 0.05) is 6.04 Å². The summed E-state index contributed by atoms with van der Waals surface area (Å²) in [5.74, 6) is 0.318. The Morgan fingerprint density at radius 1 is 1.22 bits per heavy atom. The van der Waals surface area contributed by atoms with Crippen molar-refractivity contribution in [2.45, 2.75) is 31.7 Å². The molecule has 1 aliphatic carbocycles. The lowest BCUT2D eigenvalue weighted by Gasteiger charge is -2.15. The molecule has 23 heavy (non-hydrogen) atoms. The van der Waals surface area contributed by atoms with Crippen LogP contribution in [-0.4, -0.2) is 27.2 Å². The van der Waals surface area contributed by atoms with Crippen molar-refractivity contribution in [2.24, 2.45) is 5.73 Å². The van der Waals surface area contributed by atoms with Crippen molar-refractivity contribution in [1.29, 1.82) is 0 Å². The lowest BCUT2D eigenvalue weighted by atomic mass is 9.96. The molecule has 0 fully saturated rings. The molecule has 1 unspecified atom stereocenters. The van der Waals surface area contributed by atoms with Gasteiger partial charge < -0.3 is 10.5 Å². The molecule has 2 aromatic rings. The van der Waals surface area contributed by atoms with E-state index in [1.165, 1.54) is 35.3 Å². The number of benzene rings is 1. The van der Waals surface area contributed by atoms with Crippen molar-refractivity contribution < 1.29 is 17.9 Å². The van der Waals surface area contributed by atoms with Crippen LogP contribution in [0.5, 0.6) is 5.75 Å². The standard InChI is InChI=1S/C15H15F3N4O/c16-15(17,18)23-13-6-4-12(5-7-13)22-9-20-14(21-22)10-2-1-3-11(19)8-10/h4-9,11H,1-3,19H2. The van der Waals surface area contributed by atoms with Crippen molar-refractivity contribution in [1.82, 2.24) is 14.8 Å². The molecule has 1 aromatic carbocycles. The van der Waals surface area contributed by atoms with Crippen LogP contribution in [0.2, 0.25) is 0 Å². The van der Waals surface area contributed by atoms with Crippen molar-refractivity contribution in [2.75, 3.05) is 0 Å². The highest BCUT2D eigenvalue weighted by molar-refractivity contribution is 5.61. The third-order valence-corrected chi connectivity index (χ3v) is 3.51. The Morgan fingerprint density at radius 2 is 1.96 bits per heavy atom. The van der Waals surface area contributed by atoms with Crippen LogP contribution in [0.15, 0.2) is 36.7 Å². The Bertz CT molecular complexity index is 706. The second-order valence-electron chi connectivity index (χ2n) is 5.30. The maximum Gasteiger partial charge on any atom is 0.573 e. The largest absolute Gasteiger partial charge is 0.573 e. The van der Waals surface area contributed by atoms with Gasteiger partial charge in [-0.05, 0) is 49.1 Å². The number of aromatic nitrogens is 3. The molecule has 0 radical (unpaired) electrons. The van der Waals surface area contributed by atoms with Crippen LogP contribution >= 0.6 is 0 Å². The first-order valence-electron chi connectivity index (χ1n) is 7.15. The summed E-state index contributed by atoms with van der Waals surface area (Å²) in [5.41, 5.74) is 7.50. The van der Waals surface area contributed by atoms with Gasteiger partial charge in [0.2, 0.25) is 0 Å². The average Bonchev–Trinajstić information content (AvgIpc) is 2.96. The number of hydrogen-bond donors (Lipinski definition) is 1. The van der Waals surface area contributed by atoms with E-state index in [1.807, 2.05) is 6.08 Å². The zero-order valence-corrected chi connectivity index (χ0v) is 12.1. The van der Waals surface area contributed by atoms with Crippen LogP contribution < -0.4 is 10.5 Å². The molecule has 1 aliphatic rings. The molecule has 0 spiro atoms. The predicted molar refractivity (Wildman–Crippen MR) is 77.8 cm³/mol. The van der Waals surface area contributed by atoms with Crippen LogP contribution in [0.4, 0.5) is 13.2 Å². The fourth-order valence-electron chi connectivity index (χ4n) is 2.47. The van der Waals surface area contributed by atoms with Crippen molar-refractivity contribution in [3.8, 4) is 11.4 Å². The van der Waals surface area contributed by atoms with E-state index in [9.17, 15) is 13.2 Å². The normalized spacial score (nSPS) is 18.6. The van der Waals surface area contributed by atoms with Gasteiger partial charge in [-0.2, -0.15) is 0 Å². The summed E-state index contributed by atoms with van der Waals surface area (Å²) in [6.07, 6.45) is 1.60. The molecule has 0 amide bonds. The Morgan fingerprint density at radius 3 is 2.61 bits per heavy atom. The lowest BCUT2D eigenvalue weighted by Crippen LogP contribution is -2.20. The number of hydrogen-bond acceptors (Lipinski definition) is 4. The zero-order valence-electron chi connectivity index (χ0n) is 12.1. The first kappa shape index (κ1) is 15.5. The number of allylic oxidation sites excluding steroid dienone is 1. The third kappa shape index (κ3) is 3.89. The van der Waals surface area contributed by atoms with Crippen LogP contribution in [0.3, 0.4) is 0 Å². The van der Waals surface area contributed by atoms with Gasteiger partial charge >= 0.3 is 6.36 Å². The Balaban J connectivity index is 1.78. The van der Waals surface area contributed by atoms with Gasteiger partial charge in [0.25, 0.3) is 0 Å². The summed E-state index contributed by atoms with van der Waals surface area (Å²) in [4.78, 5) is 4.25. The van der Waals surface area contributed by atoms with E-state index in [1.54, 1.807) is 0 Å². The van der Waals surface area contributed by atoms with Crippen LogP contribution in [0.25, 0.3) is 11.3 Å². The van der Waals surface area contributed by atoms with E-state index < -0.39 is 6.36 Å². The molecule has 0 aliphatic heterocycles. The maximum atomic E-state index is 12.1. The third-order valence-electron chi connectivity index (χ3n) is 3.51. The molecule has 5 nitrogen and oxygen atoms in total. The summed E-state index contributed by atoms with van der Waals surface area (Å²) in [7, 11) is 0. The molecule has 3 rings (SSSR count). The zero-order chi connectivity index (χ0) is 16.4. The summed E-state index contributed by atoms with van der Waals surface area (Å²) in [6, 6.07) is 5.46. The average molecular weight is 324 g/mol. The number of nitrogens with zero attached hydrogens (tertiary/aromatic N) is 3. The minimum Gasteiger partial charge on any atom is -0.406 e. The minimum absolute atomic E-state index is 0.0181. The summed E-state index contributed by atoms with van der Waals surface area (Å²) < 4.78 is 41.8. The highest BCUT2D eigenvalue weighted by atomic mass is 19.4. The summed E-state index contributed by atoms with van der Waals surface area (Å²) in [5, 5.41) is 4.36. The van der Waals surface area contributed by atoms with E-state index in [0.29, 0.717) is 11.5 Å². The first-order valence-corrected chi connectivity index (χ1v) is 7.15. The number of ether oxygens (including phenoxy) is 1. The molecule has 0 bridgehead atoms. The van der Waals surface area contributed by atoms with Gasteiger partial charge in [0.1, 0.15) is 12.1 Å². The second-order valence-corrected chi connectivity index (χ2v) is 5.30. The first-order chi connectivity index (χ1) is 10.9. The van der Waals surface area contributed by atoms with Gasteiger partial charge in [0.15, 0.2) is 5.82 Å². The SMILES string of the molecule is NC1C=C(c2ncn(-c3ccc(OC(F)(F)F)cc3)n2)CCC1. The lowest BCUT2D eigenvalue weighted by molar-refractivity contribution is -0.274. The highest BCUT2D eigenvalue weighted by Gasteiger charge is 2.31. The van der Waals surface area contributed by atoms with Crippen molar-refractivity contribution in [3.05, 3.63) is 42.5 Å². The van der Waals surface area contributed by atoms with Crippen LogP contribution in [0.1, 0.15) is 25.1 Å². The number of rotatable bonds is 3. The number of halogens is 3. The molecule has 1 heterocycles. The van der Waals surface area contributed by atoms with E-state index in [4.69, 9.17) is 5.73 Å². The Hall–Kier alpha value is -2.35. The highest BCUT2D eigenvalue weighted by Crippen LogP contribution is 2.25. The van der Waals surface area contributed by atoms with E-state index in [2.05, 4.69) is 14.8 Å². The molecule has 1 atom stereocenters. The molecule has 1 aromatic heterocycles. The fraction of sp³-hybridized carbons (Fsp3) is 0.333. The topological polar surface area (TPSA) is 66.0 Å². The van der Waals surface area contributed by atoms with Crippen molar-refractivity contribution in [3.63, 3.8) is 0 Å². The number of nitrogens with two attached hydrogens (primary N) is 1. The number of alkyl halides is 3. The molecular formula is C15H15F3N4O. The second kappa shape index (κ2) is 6.04. The Labute approximate surface area is 130 Å². The Kier molecular flexibility index (Phi) is 4.08. The fourth-order valence-corrected chi connectivity index (χ4v) is 2.47. The quantitative estimate of drug-likeness (QED) is 0.942. The molecule has 8 heteroatoms. The predicted octanol–water partition coefficient (Wildman–Crippen LogP) is 3.06. The van der Waals surface area contributed by atoms with Gasteiger partial charge in [0.05, 0.1) is 5.69 Å². The summed E-state index contributed by atoms with van der Waals surface area (Å²) >= 11 is 0. The molecule has 2 N–H and O–H groups in total. The molecule has 122 valence electrons. The molecule has 0 saturated carbocycles.